The predicted octanol–water partition coefficient (Wildman–Crippen LogP) is 3.27. The van der Waals surface area contributed by atoms with Crippen LogP contribution in [0.4, 0.5) is 17.6 Å². The van der Waals surface area contributed by atoms with Gasteiger partial charge in [0.15, 0.2) is 22.5 Å². The third kappa shape index (κ3) is 2.93. The third-order valence-corrected chi connectivity index (χ3v) is 2.32. The van der Waals surface area contributed by atoms with Gasteiger partial charge in [-0.3, -0.25) is 0 Å². The van der Waals surface area contributed by atoms with Crippen molar-refractivity contribution >= 4 is 11.6 Å². The lowest BCUT2D eigenvalue weighted by Gasteiger charge is -2.08. The summed E-state index contributed by atoms with van der Waals surface area (Å²) in [6.45, 7) is -0.416. The van der Waals surface area contributed by atoms with Gasteiger partial charge in [0.25, 0.3) is 0 Å². The minimum absolute atomic E-state index is 0.0968. The maximum atomic E-state index is 13.2. The van der Waals surface area contributed by atoms with Crippen LogP contribution in [0.3, 0.4) is 0 Å². The first kappa shape index (κ1) is 13.5. The van der Waals surface area contributed by atoms with Crippen molar-refractivity contribution in [3.63, 3.8) is 0 Å². The molecule has 0 saturated heterocycles. The van der Waals surface area contributed by atoms with E-state index < -0.39 is 35.6 Å². The van der Waals surface area contributed by atoms with E-state index in [4.69, 9.17) is 11.6 Å². The first-order chi connectivity index (χ1) is 8.99. The summed E-state index contributed by atoms with van der Waals surface area (Å²) in [5.74, 6) is -7.46. The van der Waals surface area contributed by atoms with Crippen molar-refractivity contribution in [2.75, 3.05) is 0 Å². The van der Waals surface area contributed by atoms with E-state index in [9.17, 15) is 17.6 Å². The molecule has 0 spiro atoms. The molecule has 0 radical (unpaired) electrons. The fourth-order valence-electron chi connectivity index (χ4n) is 1.24. The zero-order valence-corrected chi connectivity index (χ0v) is 9.89. The van der Waals surface area contributed by atoms with Gasteiger partial charge in [-0.2, -0.15) is 13.9 Å². The van der Waals surface area contributed by atoms with Crippen LogP contribution in [0.1, 0.15) is 5.69 Å². The summed E-state index contributed by atoms with van der Waals surface area (Å²) in [6.07, 6.45) is 0. The topological polar surface area (TPSA) is 35.0 Å². The largest absolute Gasteiger partial charge is 0.481 e. The summed E-state index contributed by atoms with van der Waals surface area (Å²) in [6, 6.07) is 2.87. The van der Waals surface area contributed by atoms with Crippen LogP contribution in [-0.2, 0) is 6.61 Å². The average molecular weight is 293 g/mol. The molecule has 2 rings (SSSR count). The van der Waals surface area contributed by atoms with Crippen molar-refractivity contribution in [2.24, 2.45) is 0 Å². The molecule has 3 nitrogen and oxygen atoms in total. The molecule has 0 bridgehead atoms. The lowest BCUT2D eigenvalue weighted by atomic mass is 10.3. The molecule has 100 valence electrons. The van der Waals surface area contributed by atoms with Crippen LogP contribution in [0, 0.1) is 23.3 Å². The third-order valence-electron chi connectivity index (χ3n) is 2.12. The fraction of sp³-hybridized carbons (Fsp3) is 0.0909. The van der Waals surface area contributed by atoms with Gasteiger partial charge in [-0.1, -0.05) is 11.6 Å². The van der Waals surface area contributed by atoms with Gasteiger partial charge in [0.2, 0.25) is 11.6 Å². The standard InChI is InChI=1S/C11H5ClF4N2O/c12-8-2-1-5(17-18-8)4-19-11-9(15)6(13)3-7(14)10(11)16/h1-3H,4H2. The van der Waals surface area contributed by atoms with Crippen LogP contribution in [0.5, 0.6) is 5.75 Å². The number of nitrogens with zero attached hydrogens (tertiary/aromatic N) is 2. The van der Waals surface area contributed by atoms with E-state index in [1.807, 2.05) is 0 Å². The van der Waals surface area contributed by atoms with Gasteiger partial charge in [-0.15, -0.1) is 5.10 Å². The van der Waals surface area contributed by atoms with Crippen LogP contribution >= 0.6 is 11.6 Å². The number of halogens is 5. The molecule has 0 saturated carbocycles. The van der Waals surface area contributed by atoms with E-state index in [1.54, 1.807) is 0 Å². The summed E-state index contributed by atoms with van der Waals surface area (Å²) in [7, 11) is 0. The smallest absolute Gasteiger partial charge is 0.203 e. The van der Waals surface area contributed by atoms with Crippen LogP contribution in [0.25, 0.3) is 0 Å². The van der Waals surface area contributed by atoms with Crippen molar-refractivity contribution in [2.45, 2.75) is 6.61 Å². The molecule has 2 aromatic rings. The molecule has 1 aromatic heterocycles. The SMILES string of the molecule is Fc1cc(F)c(F)c(OCc2ccc(Cl)nn2)c1F. The van der Waals surface area contributed by atoms with Gasteiger partial charge in [0.1, 0.15) is 12.3 Å². The monoisotopic (exact) mass is 292 g/mol. The van der Waals surface area contributed by atoms with E-state index in [0.29, 0.717) is 0 Å². The lowest BCUT2D eigenvalue weighted by Crippen LogP contribution is -2.05. The quantitative estimate of drug-likeness (QED) is 0.643. The van der Waals surface area contributed by atoms with Crippen LogP contribution < -0.4 is 4.74 Å². The summed E-state index contributed by atoms with van der Waals surface area (Å²) in [5.41, 5.74) is 0.188. The minimum atomic E-state index is -1.61. The number of hydrogen-bond acceptors (Lipinski definition) is 3. The molecule has 19 heavy (non-hydrogen) atoms. The normalized spacial score (nSPS) is 10.6. The Kier molecular flexibility index (Phi) is 3.84. The maximum Gasteiger partial charge on any atom is 0.203 e. The summed E-state index contributed by atoms with van der Waals surface area (Å²) in [5, 5.41) is 7.15. The molecule has 0 N–H and O–H groups in total. The second-order valence-electron chi connectivity index (χ2n) is 3.43. The van der Waals surface area contributed by atoms with Gasteiger partial charge < -0.3 is 4.74 Å². The molecule has 0 aliphatic carbocycles. The van der Waals surface area contributed by atoms with Crippen LogP contribution in [-0.4, -0.2) is 10.2 Å². The molecule has 0 unspecified atom stereocenters. The van der Waals surface area contributed by atoms with Crippen LogP contribution in [0.15, 0.2) is 18.2 Å². The van der Waals surface area contributed by atoms with Crippen molar-refractivity contribution in [3.05, 3.63) is 52.3 Å². The Balaban J connectivity index is 2.22. The molecular weight excluding hydrogens is 288 g/mol. The zero-order chi connectivity index (χ0) is 14.0. The highest BCUT2D eigenvalue weighted by Gasteiger charge is 2.20. The molecule has 0 aliphatic heterocycles. The van der Waals surface area contributed by atoms with E-state index in [-0.39, 0.29) is 16.9 Å². The van der Waals surface area contributed by atoms with Gasteiger partial charge in [-0.25, -0.2) is 8.78 Å². The highest BCUT2D eigenvalue weighted by molar-refractivity contribution is 6.29. The van der Waals surface area contributed by atoms with Gasteiger partial charge in [-0.05, 0) is 12.1 Å². The Bertz CT molecular complexity index is 580. The molecule has 1 aromatic carbocycles. The number of benzene rings is 1. The summed E-state index contributed by atoms with van der Waals surface area (Å²) >= 11 is 5.49. The highest BCUT2D eigenvalue weighted by Crippen LogP contribution is 2.26. The van der Waals surface area contributed by atoms with Gasteiger partial charge in [0.05, 0.1) is 0 Å². The maximum absolute atomic E-state index is 13.2. The Morgan fingerprint density at radius 1 is 1.00 bits per heavy atom. The van der Waals surface area contributed by atoms with Crippen molar-refractivity contribution in [1.82, 2.24) is 10.2 Å². The second-order valence-corrected chi connectivity index (χ2v) is 3.82. The van der Waals surface area contributed by atoms with E-state index in [0.717, 1.165) is 0 Å². The molecule has 1 heterocycles. The molecule has 0 atom stereocenters. The first-order valence-corrected chi connectivity index (χ1v) is 5.30. The van der Waals surface area contributed by atoms with Gasteiger partial charge in [0, 0.05) is 6.07 Å². The molecule has 8 heteroatoms. The second kappa shape index (κ2) is 5.40. The number of hydrogen-bond donors (Lipinski definition) is 0. The fourth-order valence-corrected chi connectivity index (χ4v) is 1.35. The van der Waals surface area contributed by atoms with Crippen molar-refractivity contribution in [3.8, 4) is 5.75 Å². The number of aromatic nitrogens is 2. The average Bonchev–Trinajstić information content (AvgIpc) is 2.38. The molecule has 0 fully saturated rings. The van der Waals surface area contributed by atoms with Gasteiger partial charge >= 0.3 is 0 Å². The van der Waals surface area contributed by atoms with Crippen LogP contribution in [0.2, 0.25) is 5.15 Å². The number of rotatable bonds is 3. The molecule has 0 aliphatic rings. The highest BCUT2D eigenvalue weighted by atomic mass is 35.5. The molecular formula is C11H5ClF4N2O. The summed E-state index contributed by atoms with van der Waals surface area (Å²) < 4.78 is 57.0. The minimum Gasteiger partial charge on any atom is -0.481 e. The lowest BCUT2D eigenvalue weighted by molar-refractivity contribution is 0.257. The predicted molar refractivity (Wildman–Crippen MR) is 57.6 cm³/mol. The summed E-state index contributed by atoms with van der Waals surface area (Å²) in [4.78, 5) is 0. The first-order valence-electron chi connectivity index (χ1n) is 4.93. The van der Waals surface area contributed by atoms with E-state index in [2.05, 4.69) is 14.9 Å². The Hall–Kier alpha value is -1.89. The van der Waals surface area contributed by atoms with E-state index >= 15 is 0 Å². The van der Waals surface area contributed by atoms with Crippen molar-refractivity contribution < 1.29 is 22.3 Å². The van der Waals surface area contributed by atoms with Crippen molar-refractivity contribution in [1.29, 1.82) is 0 Å². The Morgan fingerprint density at radius 3 is 2.16 bits per heavy atom. The zero-order valence-electron chi connectivity index (χ0n) is 9.13. The molecule has 0 amide bonds. The van der Waals surface area contributed by atoms with E-state index in [1.165, 1.54) is 12.1 Å². The Morgan fingerprint density at radius 2 is 1.63 bits per heavy atom. The Labute approximate surface area is 109 Å². The number of ether oxygens (including phenoxy) is 1.